The van der Waals surface area contributed by atoms with Gasteiger partial charge in [-0.2, -0.15) is 0 Å². The molecule has 0 N–H and O–H groups in total. The van der Waals surface area contributed by atoms with Crippen LogP contribution in [0.5, 0.6) is 0 Å². The molecular weight excluding hydrogens is 775 g/mol. The molecule has 12 rings (SSSR count). The first-order chi connectivity index (χ1) is 31.7. The van der Waals surface area contributed by atoms with E-state index in [1.807, 2.05) is 6.07 Å². The van der Waals surface area contributed by atoms with Crippen LogP contribution < -0.4 is 4.90 Å². The van der Waals surface area contributed by atoms with Crippen LogP contribution in [-0.4, -0.2) is 0 Å². The van der Waals surface area contributed by atoms with E-state index < -0.39 is 0 Å². The molecule has 10 aromatic carbocycles. The topological polar surface area (TPSA) is 16.4 Å². The first-order valence-electron chi connectivity index (χ1n) is 22.2. The van der Waals surface area contributed by atoms with E-state index in [2.05, 4.69) is 242 Å². The van der Waals surface area contributed by atoms with Crippen LogP contribution in [-0.2, 0) is 0 Å². The van der Waals surface area contributed by atoms with Crippen molar-refractivity contribution >= 4 is 55.8 Å². The molecule has 0 bridgehead atoms. The molecule has 2 heteroatoms. The highest BCUT2D eigenvalue weighted by atomic mass is 16.3. The smallest absolute Gasteiger partial charge is 0.136 e. The lowest BCUT2D eigenvalue weighted by molar-refractivity contribution is 0.669. The van der Waals surface area contributed by atoms with Crippen LogP contribution in [0.15, 0.2) is 235 Å². The van der Waals surface area contributed by atoms with Gasteiger partial charge >= 0.3 is 0 Å². The summed E-state index contributed by atoms with van der Waals surface area (Å²) in [5, 5.41) is 4.64. The van der Waals surface area contributed by atoms with Crippen LogP contribution in [0.1, 0.15) is 24.0 Å². The van der Waals surface area contributed by atoms with Gasteiger partial charge in [0.05, 0.1) is 17.1 Å². The highest BCUT2D eigenvalue weighted by Crippen LogP contribution is 2.51. The first kappa shape index (κ1) is 37.6. The lowest BCUT2D eigenvalue weighted by atomic mass is 9.88. The maximum atomic E-state index is 6.50. The molecule has 0 radical (unpaired) electrons. The van der Waals surface area contributed by atoms with Crippen molar-refractivity contribution in [3.8, 4) is 55.6 Å². The summed E-state index contributed by atoms with van der Waals surface area (Å²) < 4.78 is 6.50. The minimum Gasteiger partial charge on any atom is -0.456 e. The number of hydrogen-bond donors (Lipinski definition) is 0. The summed E-state index contributed by atoms with van der Waals surface area (Å²) in [5.41, 5.74) is 19.4. The van der Waals surface area contributed by atoms with E-state index in [0.29, 0.717) is 0 Å². The van der Waals surface area contributed by atoms with E-state index >= 15 is 0 Å². The molecule has 1 atom stereocenters. The number of fused-ring (bicyclic) bond motifs is 7. The first-order valence-corrected chi connectivity index (χ1v) is 22.2. The van der Waals surface area contributed by atoms with Gasteiger partial charge in [0.2, 0.25) is 0 Å². The molecule has 1 aliphatic rings. The lowest BCUT2D eigenvalue weighted by Crippen LogP contribution is -2.14. The molecule has 0 unspecified atom stereocenters. The van der Waals surface area contributed by atoms with E-state index in [1.54, 1.807) is 0 Å². The zero-order chi connectivity index (χ0) is 42.6. The highest BCUT2D eigenvalue weighted by molar-refractivity contribution is 6.15. The van der Waals surface area contributed by atoms with Crippen molar-refractivity contribution in [2.75, 3.05) is 4.90 Å². The summed E-state index contributed by atoms with van der Waals surface area (Å²) in [6.45, 7) is 2.30. The molecule has 0 saturated heterocycles. The molecule has 0 saturated carbocycles. The van der Waals surface area contributed by atoms with Gasteiger partial charge in [0.25, 0.3) is 0 Å². The van der Waals surface area contributed by atoms with Crippen molar-refractivity contribution in [2.24, 2.45) is 0 Å². The predicted octanol–water partition coefficient (Wildman–Crippen LogP) is 17.7. The second kappa shape index (κ2) is 15.6. The maximum Gasteiger partial charge on any atom is 0.136 e. The normalized spacial score (nSPS) is 13.2. The third kappa shape index (κ3) is 6.18. The van der Waals surface area contributed by atoms with Gasteiger partial charge in [0.15, 0.2) is 0 Å². The fourth-order valence-corrected chi connectivity index (χ4v) is 10.2. The van der Waals surface area contributed by atoms with E-state index in [9.17, 15) is 0 Å². The van der Waals surface area contributed by atoms with Crippen LogP contribution in [0, 0.1) is 0 Å². The Kier molecular flexibility index (Phi) is 9.16. The van der Waals surface area contributed by atoms with Crippen molar-refractivity contribution < 1.29 is 4.42 Å². The second-order valence-corrected chi connectivity index (χ2v) is 16.7. The summed E-state index contributed by atoms with van der Waals surface area (Å²) in [4.78, 5) is 2.52. The van der Waals surface area contributed by atoms with E-state index in [0.717, 1.165) is 61.3 Å². The number of hydrogen-bond acceptors (Lipinski definition) is 2. The maximum absolute atomic E-state index is 6.50. The van der Waals surface area contributed by atoms with Gasteiger partial charge in [-0.1, -0.05) is 213 Å². The van der Waals surface area contributed by atoms with E-state index in [4.69, 9.17) is 4.42 Å². The van der Waals surface area contributed by atoms with Crippen molar-refractivity contribution in [1.82, 2.24) is 0 Å². The minimum absolute atomic E-state index is 0.283. The summed E-state index contributed by atoms with van der Waals surface area (Å²) in [6, 6.07) is 81.5. The van der Waals surface area contributed by atoms with Gasteiger partial charge in [0.1, 0.15) is 11.2 Å². The van der Waals surface area contributed by atoms with Crippen molar-refractivity contribution in [1.29, 1.82) is 0 Å². The number of benzene rings is 10. The number of nitrogens with zero attached hydrogens (tertiary/aromatic N) is 1. The van der Waals surface area contributed by atoms with Crippen LogP contribution in [0.25, 0.3) is 94.4 Å². The van der Waals surface area contributed by atoms with Gasteiger partial charge in [-0.3, -0.25) is 0 Å². The van der Waals surface area contributed by atoms with Gasteiger partial charge in [0, 0.05) is 27.5 Å². The molecule has 0 spiro atoms. The summed E-state index contributed by atoms with van der Waals surface area (Å²) in [6.07, 6.45) is 4.71. The number of allylic oxidation sites excluding steroid dienone is 1. The molecule has 0 aliphatic heterocycles. The molecule has 0 amide bonds. The van der Waals surface area contributed by atoms with Crippen molar-refractivity contribution in [2.45, 2.75) is 12.8 Å². The van der Waals surface area contributed by atoms with Crippen molar-refractivity contribution in [3.05, 3.63) is 242 Å². The highest BCUT2D eigenvalue weighted by Gasteiger charge is 2.27. The van der Waals surface area contributed by atoms with Crippen LogP contribution in [0.3, 0.4) is 0 Å². The van der Waals surface area contributed by atoms with E-state index in [-0.39, 0.29) is 5.92 Å². The molecule has 1 aromatic heterocycles. The van der Waals surface area contributed by atoms with Gasteiger partial charge < -0.3 is 9.32 Å². The van der Waals surface area contributed by atoms with E-state index in [1.165, 1.54) is 55.3 Å². The third-order valence-electron chi connectivity index (χ3n) is 13.1. The SMILES string of the molecule is C[C@@H]1C=Cc2c(cccc2-c2ccccc2N(c2ccccc2-c2cccc3cccc(-c4ccccc4)c23)c2ccccc2-c2cccc3oc4ccccc4c23)-c2ccccc21. The standard InChI is InChI=1S/C62H43NO/c1-41-39-40-49-47(46-24-6-5-23-44(41)46)30-17-31-48(49)50-25-7-11-34-56(50)63(58-36-13-9-27-52(58)54-33-18-38-60-62(54)55-28-10-14-37-59(55)64-60)57-35-12-8-26-51(57)53-32-16-22-43-21-15-29-45(61(43)53)42-19-3-2-4-20-42/h2-41H,1H3/t41-/m1/s1. The molecule has 1 heterocycles. The Hall–Kier alpha value is -8.20. The van der Waals surface area contributed by atoms with Gasteiger partial charge in [-0.15, -0.1) is 0 Å². The Balaban J connectivity index is 1.16. The fourth-order valence-electron chi connectivity index (χ4n) is 10.2. The largest absolute Gasteiger partial charge is 0.456 e. The molecule has 1 aliphatic carbocycles. The zero-order valence-electron chi connectivity index (χ0n) is 35.4. The quantitative estimate of drug-likeness (QED) is 0.159. The summed E-state index contributed by atoms with van der Waals surface area (Å²) in [7, 11) is 0. The average molecular weight is 818 g/mol. The zero-order valence-corrected chi connectivity index (χ0v) is 35.4. The van der Waals surface area contributed by atoms with Crippen LogP contribution in [0.4, 0.5) is 17.1 Å². The fraction of sp³-hybridized carbons (Fsp3) is 0.0323. The monoisotopic (exact) mass is 817 g/mol. The average Bonchev–Trinajstić information content (AvgIpc) is 3.68. The molecule has 64 heavy (non-hydrogen) atoms. The number of anilines is 3. The van der Waals surface area contributed by atoms with Crippen LogP contribution in [0.2, 0.25) is 0 Å². The lowest BCUT2D eigenvalue weighted by Gasteiger charge is -2.32. The molecule has 0 fully saturated rings. The van der Waals surface area contributed by atoms with Gasteiger partial charge in [-0.25, -0.2) is 0 Å². The number of furan rings is 1. The number of para-hydroxylation sites is 4. The summed E-state index contributed by atoms with van der Waals surface area (Å²) in [5.74, 6) is 0.283. The second-order valence-electron chi connectivity index (χ2n) is 16.7. The summed E-state index contributed by atoms with van der Waals surface area (Å²) >= 11 is 0. The van der Waals surface area contributed by atoms with Crippen molar-refractivity contribution in [3.63, 3.8) is 0 Å². The van der Waals surface area contributed by atoms with Crippen LogP contribution >= 0.6 is 0 Å². The molecule has 2 nitrogen and oxygen atoms in total. The third-order valence-corrected chi connectivity index (χ3v) is 13.1. The Labute approximate surface area is 373 Å². The molecule has 11 aromatic rings. The number of rotatable bonds is 7. The Bertz CT molecular complexity index is 3590. The molecule has 302 valence electrons. The Morgan fingerprint density at radius 3 is 1.53 bits per heavy atom. The Morgan fingerprint density at radius 1 is 0.359 bits per heavy atom. The Morgan fingerprint density at radius 2 is 0.828 bits per heavy atom. The molecular formula is C62H43NO. The minimum atomic E-state index is 0.283. The van der Waals surface area contributed by atoms with Gasteiger partial charge in [-0.05, 0) is 97.1 Å². The predicted molar refractivity (Wildman–Crippen MR) is 271 cm³/mol.